The van der Waals surface area contributed by atoms with Crippen LogP contribution in [-0.4, -0.2) is 49.6 Å². The van der Waals surface area contributed by atoms with Gasteiger partial charge in [0.15, 0.2) is 11.5 Å². The molecular weight excluding hydrogens is 352 g/mol. The van der Waals surface area contributed by atoms with Crippen molar-refractivity contribution in [1.82, 2.24) is 9.80 Å². The topological polar surface area (TPSA) is 42.0 Å². The zero-order valence-electron chi connectivity index (χ0n) is 16.6. The lowest BCUT2D eigenvalue weighted by atomic mass is 9.99. The van der Waals surface area contributed by atoms with Crippen LogP contribution < -0.4 is 9.47 Å². The summed E-state index contributed by atoms with van der Waals surface area (Å²) in [7, 11) is 3.66. The van der Waals surface area contributed by atoms with Crippen molar-refractivity contribution in [3.63, 3.8) is 0 Å². The maximum absolute atomic E-state index is 13.1. The van der Waals surface area contributed by atoms with Crippen LogP contribution in [0.1, 0.15) is 42.5 Å². The summed E-state index contributed by atoms with van der Waals surface area (Å²) in [5.41, 5.74) is 2.23. The Balaban J connectivity index is 1.68. The summed E-state index contributed by atoms with van der Waals surface area (Å²) in [5, 5.41) is 0. The van der Waals surface area contributed by atoms with Gasteiger partial charge < -0.3 is 14.4 Å². The number of fused-ring (bicyclic) bond motifs is 1. The number of benzene rings is 2. The minimum absolute atomic E-state index is 0.118. The molecule has 0 spiro atoms. The summed E-state index contributed by atoms with van der Waals surface area (Å²) < 4.78 is 11.7. The zero-order chi connectivity index (χ0) is 19.5. The first kappa shape index (κ1) is 18.8. The lowest BCUT2D eigenvalue weighted by Crippen LogP contribution is -2.39. The van der Waals surface area contributed by atoms with E-state index in [1.807, 2.05) is 38.4 Å². The number of likely N-dealkylation sites (tertiary alicyclic amines) is 1. The lowest BCUT2D eigenvalue weighted by Gasteiger charge is -2.34. The van der Waals surface area contributed by atoms with Gasteiger partial charge in [-0.3, -0.25) is 9.69 Å². The van der Waals surface area contributed by atoms with E-state index in [2.05, 4.69) is 29.2 Å². The maximum atomic E-state index is 13.1. The van der Waals surface area contributed by atoms with Gasteiger partial charge in [-0.15, -0.1) is 0 Å². The van der Waals surface area contributed by atoms with Crippen LogP contribution in [0.25, 0.3) is 0 Å². The first-order valence-corrected chi connectivity index (χ1v) is 10.1. The molecule has 0 aromatic heterocycles. The molecule has 148 valence electrons. The average molecular weight is 380 g/mol. The van der Waals surface area contributed by atoms with E-state index in [9.17, 15) is 4.79 Å². The first-order valence-electron chi connectivity index (χ1n) is 10.1. The molecule has 2 atom stereocenters. The van der Waals surface area contributed by atoms with E-state index in [0.29, 0.717) is 13.2 Å². The second kappa shape index (κ2) is 8.23. The van der Waals surface area contributed by atoms with Crippen molar-refractivity contribution in [2.75, 3.05) is 33.9 Å². The van der Waals surface area contributed by atoms with E-state index >= 15 is 0 Å². The van der Waals surface area contributed by atoms with Gasteiger partial charge in [-0.25, -0.2) is 0 Å². The second-order valence-electron chi connectivity index (χ2n) is 7.70. The Morgan fingerprint density at radius 2 is 1.79 bits per heavy atom. The quantitative estimate of drug-likeness (QED) is 0.809. The Kier molecular flexibility index (Phi) is 5.53. The summed E-state index contributed by atoms with van der Waals surface area (Å²) >= 11 is 0. The molecule has 0 N–H and O–H groups in total. The van der Waals surface area contributed by atoms with Crippen molar-refractivity contribution in [1.29, 1.82) is 0 Å². The molecular formula is C23H28N2O3. The molecule has 0 saturated carbocycles. The van der Waals surface area contributed by atoms with Crippen LogP contribution >= 0.6 is 0 Å². The van der Waals surface area contributed by atoms with Crippen molar-refractivity contribution in [3.05, 3.63) is 59.7 Å². The molecule has 28 heavy (non-hydrogen) atoms. The largest absolute Gasteiger partial charge is 0.490 e. The standard InChI is InChI=1S/C23H28N2O3/c1-24(2)23(26)22(17-8-4-3-5-9-17)25-13-6-10-19(25)18-11-12-20-21(16-18)28-15-7-14-27-20/h3-5,8-9,11-12,16,19,22H,6-7,10,13-15H2,1-2H3/t19-,22-/m1/s1. The van der Waals surface area contributed by atoms with E-state index < -0.39 is 0 Å². The number of nitrogens with zero attached hydrogens (tertiary/aromatic N) is 2. The minimum Gasteiger partial charge on any atom is -0.490 e. The number of carbonyl (C=O) groups excluding carboxylic acids is 1. The number of hydrogen-bond acceptors (Lipinski definition) is 4. The Hall–Kier alpha value is -2.53. The number of ether oxygens (including phenoxy) is 2. The predicted octanol–water partition coefficient (Wildman–Crippen LogP) is 3.81. The highest BCUT2D eigenvalue weighted by Gasteiger charge is 2.37. The van der Waals surface area contributed by atoms with Crippen molar-refractivity contribution < 1.29 is 14.3 Å². The fourth-order valence-electron chi connectivity index (χ4n) is 4.20. The maximum Gasteiger partial charge on any atom is 0.244 e. The molecule has 5 heteroatoms. The van der Waals surface area contributed by atoms with Gasteiger partial charge in [-0.2, -0.15) is 0 Å². The van der Waals surface area contributed by atoms with Crippen LogP contribution in [-0.2, 0) is 4.79 Å². The van der Waals surface area contributed by atoms with Crippen LogP contribution in [0, 0.1) is 0 Å². The summed E-state index contributed by atoms with van der Waals surface area (Å²) in [4.78, 5) is 17.2. The van der Waals surface area contributed by atoms with E-state index in [0.717, 1.165) is 42.9 Å². The number of likely N-dealkylation sites (N-methyl/N-ethyl adjacent to an activating group) is 1. The fourth-order valence-corrected chi connectivity index (χ4v) is 4.20. The van der Waals surface area contributed by atoms with Crippen LogP contribution in [0.2, 0.25) is 0 Å². The van der Waals surface area contributed by atoms with E-state index in [-0.39, 0.29) is 18.0 Å². The van der Waals surface area contributed by atoms with Gasteiger partial charge in [0.25, 0.3) is 0 Å². The second-order valence-corrected chi connectivity index (χ2v) is 7.70. The molecule has 0 radical (unpaired) electrons. The smallest absolute Gasteiger partial charge is 0.244 e. The molecule has 4 rings (SSSR count). The lowest BCUT2D eigenvalue weighted by molar-refractivity contribution is -0.135. The van der Waals surface area contributed by atoms with Crippen LogP contribution in [0.3, 0.4) is 0 Å². The Bertz CT molecular complexity index is 822. The number of rotatable bonds is 4. The molecule has 2 aromatic carbocycles. The highest BCUT2D eigenvalue weighted by Crippen LogP contribution is 2.42. The molecule has 2 heterocycles. The van der Waals surface area contributed by atoms with Crippen LogP contribution in [0.4, 0.5) is 0 Å². The Morgan fingerprint density at radius 3 is 2.54 bits per heavy atom. The van der Waals surface area contributed by atoms with Gasteiger partial charge in [0.1, 0.15) is 6.04 Å². The summed E-state index contributed by atoms with van der Waals surface area (Å²) in [6, 6.07) is 16.2. The third-order valence-corrected chi connectivity index (χ3v) is 5.57. The van der Waals surface area contributed by atoms with Gasteiger partial charge in [0.2, 0.25) is 5.91 Å². The predicted molar refractivity (Wildman–Crippen MR) is 109 cm³/mol. The van der Waals surface area contributed by atoms with E-state index in [4.69, 9.17) is 9.47 Å². The highest BCUT2D eigenvalue weighted by atomic mass is 16.5. The van der Waals surface area contributed by atoms with Gasteiger partial charge in [0, 0.05) is 26.6 Å². The number of carbonyl (C=O) groups is 1. The summed E-state index contributed by atoms with van der Waals surface area (Å²) in [5.74, 6) is 1.75. The van der Waals surface area contributed by atoms with Crippen molar-refractivity contribution in [2.24, 2.45) is 0 Å². The summed E-state index contributed by atoms with van der Waals surface area (Å²) in [6.45, 7) is 2.27. The Morgan fingerprint density at radius 1 is 1.04 bits per heavy atom. The van der Waals surface area contributed by atoms with Gasteiger partial charge in [-0.05, 0) is 42.6 Å². The molecule has 1 amide bonds. The van der Waals surface area contributed by atoms with Gasteiger partial charge in [-0.1, -0.05) is 36.4 Å². The molecule has 1 saturated heterocycles. The minimum atomic E-state index is -0.278. The Labute approximate surface area is 166 Å². The normalized spacial score (nSPS) is 20.4. The molecule has 1 fully saturated rings. The monoisotopic (exact) mass is 380 g/mol. The molecule has 0 aliphatic carbocycles. The third kappa shape index (κ3) is 3.72. The van der Waals surface area contributed by atoms with Crippen molar-refractivity contribution in [2.45, 2.75) is 31.3 Å². The number of amides is 1. The fraction of sp³-hybridized carbons (Fsp3) is 0.435. The van der Waals surface area contributed by atoms with Gasteiger partial charge in [0.05, 0.1) is 13.2 Å². The molecule has 5 nitrogen and oxygen atoms in total. The third-order valence-electron chi connectivity index (χ3n) is 5.57. The number of hydrogen-bond donors (Lipinski definition) is 0. The molecule has 0 unspecified atom stereocenters. The van der Waals surface area contributed by atoms with Crippen LogP contribution in [0.15, 0.2) is 48.5 Å². The van der Waals surface area contributed by atoms with Crippen LogP contribution in [0.5, 0.6) is 11.5 Å². The molecule has 2 aromatic rings. The van der Waals surface area contributed by atoms with Crippen molar-refractivity contribution in [3.8, 4) is 11.5 Å². The molecule has 2 aliphatic rings. The van der Waals surface area contributed by atoms with Gasteiger partial charge >= 0.3 is 0 Å². The van der Waals surface area contributed by atoms with E-state index in [1.54, 1.807) is 4.90 Å². The zero-order valence-corrected chi connectivity index (χ0v) is 16.6. The molecule has 0 bridgehead atoms. The summed E-state index contributed by atoms with van der Waals surface area (Å²) in [6.07, 6.45) is 3.00. The van der Waals surface area contributed by atoms with E-state index in [1.165, 1.54) is 5.56 Å². The highest BCUT2D eigenvalue weighted by molar-refractivity contribution is 5.83. The van der Waals surface area contributed by atoms with Crippen molar-refractivity contribution >= 4 is 5.91 Å². The first-order chi connectivity index (χ1) is 13.6. The SMILES string of the molecule is CN(C)C(=O)[C@@H](c1ccccc1)N1CCC[C@@H]1c1ccc2c(c1)OCCCO2. The average Bonchev–Trinajstić information content (AvgIpc) is 3.06. The molecule has 2 aliphatic heterocycles.